The summed E-state index contributed by atoms with van der Waals surface area (Å²) in [4.78, 5) is 5.41. The molecule has 6 rings (SSSR count). The maximum absolute atomic E-state index is 6.45. The van der Waals surface area contributed by atoms with Gasteiger partial charge in [0.1, 0.15) is 0 Å². The van der Waals surface area contributed by atoms with Gasteiger partial charge in [-0.15, -0.1) is 0 Å². The van der Waals surface area contributed by atoms with Crippen LogP contribution in [-0.2, 0) is 12.8 Å². The van der Waals surface area contributed by atoms with E-state index in [1.807, 2.05) is 24.3 Å². The SMILES string of the molecule is Clc1ccccc1Cc1ccc(C2CN(C3CCCCC3)CCN2c2ccc(Cc3ccccc3Cl)cc2)cc1. The molecule has 0 bridgehead atoms. The van der Waals surface area contributed by atoms with Crippen LogP contribution in [-0.4, -0.2) is 30.6 Å². The van der Waals surface area contributed by atoms with E-state index in [1.165, 1.54) is 65.6 Å². The Labute approximate surface area is 249 Å². The summed E-state index contributed by atoms with van der Waals surface area (Å²) in [6, 6.07) is 35.8. The Balaban J connectivity index is 1.23. The molecule has 0 amide bonds. The highest BCUT2D eigenvalue weighted by Gasteiger charge is 2.32. The van der Waals surface area contributed by atoms with Crippen molar-refractivity contribution in [1.29, 1.82) is 0 Å². The van der Waals surface area contributed by atoms with E-state index in [0.29, 0.717) is 6.04 Å². The lowest BCUT2D eigenvalue weighted by molar-refractivity contribution is 0.128. The van der Waals surface area contributed by atoms with E-state index in [2.05, 4.69) is 82.6 Å². The standard InChI is InChI=1S/C36H38Cl2N2/c37-34-12-6-4-8-30(34)24-27-14-18-29(19-15-27)36-26-39(32-10-2-1-3-11-32)22-23-40(36)33-20-16-28(17-21-33)25-31-9-5-7-13-35(31)38/h4-9,12-21,32,36H,1-3,10-11,22-26H2. The normalized spacial score (nSPS) is 18.6. The number of nitrogens with zero attached hydrogens (tertiary/aromatic N) is 2. The number of rotatable bonds is 7. The fourth-order valence-corrected chi connectivity index (χ4v) is 6.97. The summed E-state index contributed by atoms with van der Waals surface area (Å²) < 4.78 is 0. The van der Waals surface area contributed by atoms with Crippen molar-refractivity contribution < 1.29 is 0 Å². The molecule has 206 valence electrons. The highest BCUT2D eigenvalue weighted by Crippen LogP contribution is 2.35. The van der Waals surface area contributed by atoms with Crippen LogP contribution in [0.1, 0.15) is 66.0 Å². The van der Waals surface area contributed by atoms with Crippen molar-refractivity contribution in [3.63, 3.8) is 0 Å². The van der Waals surface area contributed by atoms with Crippen LogP contribution in [0.15, 0.2) is 97.1 Å². The van der Waals surface area contributed by atoms with Gasteiger partial charge in [0, 0.05) is 41.4 Å². The van der Waals surface area contributed by atoms with Crippen molar-refractivity contribution in [3.05, 3.63) is 135 Å². The average molecular weight is 570 g/mol. The second kappa shape index (κ2) is 12.8. The zero-order valence-corrected chi connectivity index (χ0v) is 24.6. The minimum atomic E-state index is 0.333. The number of anilines is 1. The van der Waals surface area contributed by atoms with Crippen LogP contribution < -0.4 is 4.90 Å². The van der Waals surface area contributed by atoms with Crippen LogP contribution >= 0.6 is 23.2 Å². The molecule has 1 unspecified atom stereocenters. The zero-order chi connectivity index (χ0) is 27.3. The predicted molar refractivity (Wildman–Crippen MR) is 170 cm³/mol. The van der Waals surface area contributed by atoms with Crippen molar-refractivity contribution >= 4 is 28.9 Å². The summed E-state index contributed by atoms with van der Waals surface area (Å²) in [5.41, 5.74) is 7.63. The molecule has 1 aliphatic heterocycles. The second-order valence-corrected chi connectivity index (χ2v) is 12.3. The Morgan fingerprint density at radius 2 is 1.15 bits per heavy atom. The summed E-state index contributed by atoms with van der Waals surface area (Å²) >= 11 is 12.9. The van der Waals surface area contributed by atoms with Gasteiger partial charge in [0.2, 0.25) is 0 Å². The summed E-state index contributed by atoms with van der Waals surface area (Å²) in [5.74, 6) is 0. The third-order valence-corrected chi connectivity index (χ3v) is 9.58. The Morgan fingerprint density at radius 3 is 1.73 bits per heavy atom. The summed E-state index contributed by atoms with van der Waals surface area (Å²) in [6.45, 7) is 3.26. The topological polar surface area (TPSA) is 6.48 Å². The average Bonchev–Trinajstić information content (AvgIpc) is 3.00. The van der Waals surface area contributed by atoms with E-state index in [9.17, 15) is 0 Å². The van der Waals surface area contributed by atoms with E-state index in [1.54, 1.807) is 0 Å². The van der Waals surface area contributed by atoms with E-state index in [-0.39, 0.29) is 0 Å². The molecule has 4 aromatic carbocycles. The first-order valence-electron chi connectivity index (χ1n) is 14.8. The first-order valence-corrected chi connectivity index (χ1v) is 15.5. The van der Waals surface area contributed by atoms with Gasteiger partial charge in [-0.05, 0) is 77.8 Å². The highest BCUT2D eigenvalue weighted by atomic mass is 35.5. The van der Waals surface area contributed by atoms with Crippen LogP contribution in [0.5, 0.6) is 0 Å². The predicted octanol–water partition coefficient (Wildman–Crippen LogP) is 9.37. The van der Waals surface area contributed by atoms with Gasteiger partial charge < -0.3 is 4.90 Å². The van der Waals surface area contributed by atoms with Crippen molar-refractivity contribution in [2.24, 2.45) is 0 Å². The van der Waals surface area contributed by atoms with Gasteiger partial charge in [-0.1, -0.05) is 115 Å². The van der Waals surface area contributed by atoms with Gasteiger partial charge in [0.25, 0.3) is 0 Å². The van der Waals surface area contributed by atoms with Crippen LogP contribution in [0.25, 0.3) is 0 Å². The smallest absolute Gasteiger partial charge is 0.0670 e. The summed E-state index contributed by atoms with van der Waals surface area (Å²) in [5, 5.41) is 1.68. The molecular formula is C36H38Cl2N2. The van der Waals surface area contributed by atoms with Gasteiger partial charge in [0.05, 0.1) is 6.04 Å². The van der Waals surface area contributed by atoms with Crippen molar-refractivity contribution in [1.82, 2.24) is 4.90 Å². The Bertz CT molecular complexity index is 1390. The molecule has 1 saturated carbocycles. The molecule has 1 aliphatic carbocycles. The molecule has 1 atom stereocenters. The molecule has 4 heteroatoms. The van der Waals surface area contributed by atoms with Crippen LogP contribution in [0.2, 0.25) is 10.0 Å². The maximum atomic E-state index is 6.45. The lowest BCUT2D eigenvalue weighted by Gasteiger charge is -2.46. The lowest BCUT2D eigenvalue weighted by atomic mass is 9.91. The second-order valence-electron chi connectivity index (χ2n) is 11.4. The third-order valence-electron chi connectivity index (χ3n) is 8.84. The molecule has 4 aromatic rings. The molecule has 0 aromatic heterocycles. The van der Waals surface area contributed by atoms with Gasteiger partial charge in [0.15, 0.2) is 0 Å². The number of halogens is 2. The molecule has 2 aliphatic rings. The van der Waals surface area contributed by atoms with Crippen molar-refractivity contribution in [3.8, 4) is 0 Å². The van der Waals surface area contributed by atoms with E-state index in [0.717, 1.165) is 48.6 Å². The monoisotopic (exact) mass is 568 g/mol. The van der Waals surface area contributed by atoms with Crippen molar-refractivity contribution in [2.45, 2.75) is 57.0 Å². The Morgan fingerprint density at radius 1 is 0.600 bits per heavy atom. The molecule has 2 nitrogen and oxygen atoms in total. The fourth-order valence-electron chi connectivity index (χ4n) is 6.56. The molecule has 1 saturated heterocycles. The minimum absolute atomic E-state index is 0.333. The van der Waals surface area contributed by atoms with Crippen LogP contribution in [0, 0.1) is 0 Å². The maximum Gasteiger partial charge on any atom is 0.0670 e. The lowest BCUT2D eigenvalue weighted by Crippen LogP contribution is -2.52. The summed E-state index contributed by atoms with van der Waals surface area (Å²) in [6.07, 6.45) is 8.55. The van der Waals surface area contributed by atoms with Crippen LogP contribution in [0.4, 0.5) is 5.69 Å². The van der Waals surface area contributed by atoms with E-state index < -0.39 is 0 Å². The number of hydrogen-bond donors (Lipinski definition) is 0. The van der Waals surface area contributed by atoms with E-state index >= 15 is 0 Å². The molecule has 0 N–H and O–H groups in total. The Hall–Kier alpha value is -2.78. The van der Waals surface area contributed by atoms with Crippen LogP contribution in [0.3, 0.4) is 0 Å². The van der Waals surface area contributed by atoms with Gasteiger partial charge in [-0.2, -0.15) is 0 Å². The van der Waals surface area contributed by atoms with Gasteiger partial charge in [-0.3, -0.25) is 4.90 Å². The molecule has 0 spiro atoms. The van der Waals surface area contributed by atoms with Gasteiger partial charge >= 0.3 is 0 Å². The number of benzene rings is 4. The zero-order valence-electron chi connectivity index (χ0n) is 23.1. The van der Waals surface area contributed by atoms with Gasteiger partial charge in [-0.25, -0.2) is 0 Å². The summed E-state index contributed by atoms with van der Waals surface area (Å²) in [7, 11) is 0. The molecule has 40 heavy (non-hydrogen) atoms. The molecule has 1 heterocycles. The third kappa shape index (κ3) is 6.41. The highest BCUT2D eigenvalue weighted by molar-refractivity contribution is 6.31. The quantitative estimate of drug-likeness (QED) is 0.219. The number of piperazine rings is 1. The fraction of sp³-hybridized carbons (Fsp3) is 0.333. The minimum Gasteiger partial charge on any atom is -0.362 e. The Kier molecular flexibility index (Phi) is 8.77. The molecule has 2 fully saturated rings. The van der Waals surface area contributed by atoms with E-state index in [4.69, 9.17) is 23.2 Å². The van der Waals surface area contributed by atoms with Crippen molar-refractivity contribution in [2.75, 3.05) is 24.5 Å². The molecular weight excluding hydrogens is 531 g/mol. The largest absolute Gasteiger partial charge is 0.362 e. The number of hydrogen-bond acceptors (Lipinski definition) is 2. The first-order chi connectivity index (χ1) is 19.6. The first kappa shape index (κ1) is 27.4. The molecule has 0 radical (unpaired) electrons.